The standard InChI is InChI=1S/C14H20N2/c1-15-13(11-6-4-3-5-7-11)10-14(16(15)2)12-8-9-12/h3-7,12-14H,8-10H2,1-2H3/t13-,14+/m0/s1. The van der Waals surface area contributed by atoms with Gasteiger partial charge >= 0.3 is 0 Å². The van der Waals surface area contributed by atoms with Crippen LogP contribution in [0, 0.1) is 5.92 Å². The summed E-state index contributed by atoms with van der Waals surface area (Å²) in [6, 6.07) is 12.3. The molecule has 3 rings (SSSR count). The van der Waals surface area contributed by atoms with Gasteiger partial charge in [-0.05, 0) is 30.7 Å². The number of rotatable bonds is 2. The van der Waals surface area contributed by atoms with Crippen LogP contribution < -0.4 is 0 Å². The molecule has 2 heteroatoms. The number of benzene rings is 1. The Labute approximate surface area is 97.8 Å². The molecule has 2 fully saturated rings. The number of hydrogen-bond acceptors (Lipinski definition) is 2. The predicted octanol–water partition coefficient (Wildman–Crippen LogP) is 2.69. The van der Waals surface area contributed by atoms with E-state index in [1.807, 2.05) is 0 Å². The molecule has 1 aromatic carbocycles. The van der Waals surface area contributed by atoms with E-state index in [9.17, 15) is 0 Å². The van der Waals surface area contributed by atoms with Crippen LogP contribution >= 0.6 is 0 Å². The second-order valence-corrected chi connectivity index (χ2v) is 5.21. The van der Waals surface area contributed by atoms with E-state index in [4.69, 9.17) is 0 Å². The van der Waals surface area contributed by atoms with Crippen LogP contribution in [0.5, 0.6) is 0 Å². The molecule has 0 N–H and O–H groups in total. The topological polar surface area (TPSA) is 6.48 Å². The summed E-state index contributed by atoms with van der Waals surface area (Å²) in [6.07, 6.45) is 4.16. The predicted molar refractivity (Wildman–Crippen MR) is 65.8 cm³/mol. The summed E-state index contributed by atoms with van der Waals surface area (Å²) in [5.41, 5.74) is 1.46. The molecule has 0 radical (unpaired) electrons. The molecule has 2 aliphatic rings. The first kappa shape index (κ1) is 10.3. The van der Waals surface area contributed by atoms with Gasteiger partial charge in [0.1, 0.15) is 0 Å². The van der Waals surface area contributed by atoms with Crippen LogP contribution in [-0.4, -0.2) is 30.2 Å². The zero-order valence-electron chi connectivity index (χ0n) is 10.1. The molecule has 1 heterocycles. The fraction of sp³-hybridized carbons (Fsp3) is 0.571. The highest BCUT2D eigenvalue weighted by molar-refractivity contribution is 5.20. The Bertz CT molecular complexity index is 358. The minimum absolute atomic E-state index is 0.580. The van der Waals surface area contributed by atoms with Gasteiger partial charge < -0.3 is 0 Å². The van der Waals surface area contributed by atoms with Crippen molar-refractivity contribution in [2.75, 3.05) is 14.1 Å². The van der Waals surface area contributed by atoms with Crippen LogP contribution in [0.1, 0.15) is 30.9 Å². The lowest BCUT2D eigenvalue weighted by Crippen LogP contribution is -2.36. The average Bonchev–Trinajstić information content (AvgIpc) is 3.10. The highest BCUT2D eigenvalue weighted by Gasteiger charge is 2.43. The first-order valence-corrected chi connectivity index (χ1v) is 6.28. The number of hydrazine groups is 1. The van der Waals surface area contributed by atoms with E-state index in [-0.39, 0.29) is 0 Å². The molecule has 1 aliphatic carbocycles. The van der Waals surface area contributed by atoms with E-state index >= 15 is 0 Å². The fourth-order valence-corrected chi connectivity index (χ4v) is 2.99. The lowest BCUT2D eigenvalue weighted by Gasteiger charge is -2.27. The van der Waals surface area contributed by atoms with Gasteiger partial charge in [0.2, 0.25) is 0 Å². The van der Waals surface area contributed by atoms with Gasteiger partial charge in [-0.1, -0.05) is 30.3 Å². The quantitative estimate of drug-likeness (QED) is 0.750. The molecule has 0 spiro atoms. The maximum Gasteiger partial charge on any atom is 0.0507 e. The van der Waals surface area contributed by atoms with Crippen molar-refractivity contribution >= 4 is 0 Å². The zero-order chi connectivity index (χ0) is 11.1. The smallest absolute Gasteiger partial charge is 0.0507 e. The highest BCUT2D eigenvalue weighted by atomic mass is 15.6. The van der Waals surface area contributed by atoms with Crippen LogP contribution in [-0.2, 0) is 0 Å². The van der Waals surface area contributed by atoms with Gasteiger partial charge in [0.05, 0.1) is 6.04 Å². The monoisotopic (exact) mass is 216 g/mol. The molecule has 1 saturated carbocycles. The second-order valence-electron chi connectivity index (χ2n) is 5.21. The normalized spacial score (nSPS) is 32.1. The van der Waals surface area contributed by atoms with Crippen molar-refractivity contribution < 1.29 is 0 Å². The summed E-state index contributed by atoms with van der Waals surface area (Å²) in [5.74, 6) is 0.959. The van der Waals surface area contributed by atoms with Gasteiger partial charge in [-0.3, -0.25) is 0 Å². The van der Waals surface area contributed by atoms with Gasteiger partial charge in [0, 0.05) is 20.1 Å². The summed E-state index contributed by atoms with van der Waals surface area (Å²) in [6.45, 7) is 0. The molecule has 0 aromatic heterocycles. The van der Waals surface area contributed by atoms with Crippen LogP contribution in [0.15, 0.2) is 30.3 Å². The van der Waals surface area contributed by atoms with E-state index in [0.29, 0.717) is 6.04 Å². The van der Waals surface area contributed by atoms with E-state index in [1.54, 1.807) is 0 Å². The molecule has 2 atom stereocenters. The Balaban J connectivity index is 1.82. The largest absolute Gasteiger partial charge is 0.241 e. The Kier molecular flexibility index (Phi) is 2.49. The van der Waals surface area contributed by atoms with Crippen molar-refractivity contribution in [3.8, 4) is 0 Å². The van der Waals surface area contributed by atoms with E-state index in [2.05, 4.69) is 54.4 Å². The molecule has 0 bridgehead atoms. The molecule has 0 amide bonds. The zero-order valence-corrected chi connectivity index (χ0v) is 10.1. The van der Waals surface area contributed by atoms with Crippen molar-refractivity contribution in [2.24, 2.45) is 5.92 Å². The molecule has 1 aliphatic heterocycles. The van der Waals surface area contributed by atoms with Crippen molar-refractivity contribution in [3.05, 3.63) is 35.9 Å². The van der Waals surface area contributed by atoms with Gasteiger partial charge in [-0.2, -0.15) is 0 Å². The number of hydrogen-bond donors (Lipinski definition) is 0. The third-order valence-corrected chi connectivity index (χ3v) is 4.24. The first-order chi connectivity index (χ1) is 7.77. The molecule has 2 nitrogen and oxygen atoms in total. The number of nitrogens with zero attached hydrogens (tertiary/aromatic N) is 2. The molecule has 0 unspecified atom stereocenters. The fourth-order valence-electron chi connectivity index (χ4n) is 2.99. The maximum absolute atomic E-state index is 2.45. The van der Waals surface area contributed by atoms with E-state index in [0.717, 1.165) is 12.0 Å². The van der Waals surface area contributed by atoms with Crippen LogP contribution in [0.3, 0.4) is 0 Å². The van der Waals surface area contributed by atoms with Gasteiger partial charge in [-0.25, -0.2) is 10.0 Å². The maximum atomic E-state index is 2.45. The average molecular weight is 216 g/mol. The van der Waals surface area contributed by atoms with E-state index in [1.165, 1.54) is 24.8 Å². The van der Waals surface area contributed by atoms with Gasteiger partial charge in [-0.15, -0.1) is 0 Å². The lowest BCUT2D eigenvalue weighted by molar-refractivity contribution is 0.0200. The molecular formula is C14H20N2. The molecular weight excluding hydrogens is 196 g/mol. The summed E-state index contributed by atoms with van der Waals surface area (Å²) in [5, 5.41) is 4.87. The van der Waals surface area contributed by atoms with Crippen LogP contribution in [0.2, 0.25) is 0 Å². The Hall–Kier alpha value is -0.860. The third-order valence-electron chi connectivity index (χ3n) is 4.24. The van der Waals surface area contributed by atoms with Crippen molar-refractivity contribution in [1.29, 1.82) is 0 Å². The summed E-state index contributed by atoms with van der Waals surface area (Å²) in [4.78, 5) is 0. The minimum Gasteiger partial charge on any atom is -0.241 e. The summed E-state index contributed by atoms with van der Waals surface area (Å²) >= 11 is 0. The Morgan fingerprint density at radius 2 is 1.69 bits per heavy atom. The molecule has 1 aromatic rings. The van der Waals surface area contributed by atoms with Crippen molar-refractivity contribution in [2.45, 2.75) is 31.3 Å². The molecule has 86 valence electrons. The third kappa shape index (κ3) is 1.66. The highest BCUT2D eigenvalue weighted by Crippen LogP contribution is 2.44. The Morgan fingerprint density at radius 3 is 2.31 bits per heavy atom. The second kappa shape index (κ2) is 3.86. The summed E-state index contributed by atoms with van der Waals surface area (Å²) in [7, 11) is 4.46. The molecule has 1 saturated heterocycles. The molecule has 16 heavy (non-hydrogen) atoms. The van der Waals surface area contributed by atoms with Crippen LogP contribution in [0.4, 0.5) is 0 Å². The van der Waals surface area contributed by atoms with Gasteiger partial charge in [0.15, 0.2) is 0 Å². The first-order valence-electron chi connectivity index (χ1n) is 6.28. The van der Waals surface area contributed by atoms with Gasteiger partial charge in [0.25, 0.3) is 0 Å². The van der Waals surface area contributed by atoms with Crippen molar-refractivity contribution in [1.82, 2.24) is 10.0 Å². The van der Waals surface area contributed by atoms with Crippen LogP contribution in [0.25, 0.3) is 0 Å². The van der Waals surface area contributed by atoms with Crippen molar-refractivity contribution in [3.63, 3.8) is 0 Å². The minimum atomic E-state index is 0.580. The SMILES string of the molecule is CN1[C@@H](C2CC2)C[C@@H](c2ccccc2)N1C. The van der Waals surface area contributed by atoms with E-state index < -0.39 is 0 Å². The Morgan fingerprint density at radius 1 is 1.00 bits per heavy atom. The summed E-state index contributed by atoms with van der Waals surface area (Å²) < 4.78 is 0. The lowest BCUT2D eigenvalue weighted by atomic mass is 9.99.